The average Bonchev–Trinajstić information content (AvgIpc) is 3.58. The summed E-state index contributed by atoms with van der Waals surface area (Å²) in [4.78, 5) is 12.1. The predicted octanol–water partition coefficient (Wildman–Crippen LogP) is 6.51. The van der Waals surface area contributed by atoms with Gasteiger partial charge in [0.2, 0.25) is 0 Å². The van der Waals surface area contributed by atoms with Crippen LogP contribution in [0.1, 0.15) is 53.1 Å². The van der Waals surface area contributed by atoms with E-state index in [4.69, 9.17) is 9.97 Å². The van der Waals surface area contributed by atoms with Crippen LogP contribution in [0.25, 0.3) is 11.4 Å². The summed E-state index contributed by atoms with van der Waals surface area (Å²) >= 11 is 0. The minimum Gasteiger partial charge on any atom is -0.343 e. The Morgan fingerprint density at radius 1 is 0.684 bits per heavy atom. The van der Waals surface area contributed by atoms with E-state index in [0.29, 0.717) is 0 Å². The summed E-state index contributed by atoms with van der Waals surface area (Å²) in [5.41, 5.74) is 3.88. The number of benzene rings is 2. The molecule has 0 amide bonds. The van der Waals surface area contributed by atoms with Crippen molar-refractivity contribution in [2.24, 2.45) is 0 Å². The van der Waals surface area contributed by atoms with Crippen molar-refractivity contribution in [2.45, 2.75) is 52.4 Å². The van der Waals surface area contributed by atoms with Crippen molar-refractivity contribution >= 4 is 17.2 Å². The molecule has 0 unspecified atom stereocenters. The van der Waals surface area contributed by atoms with Crippen molar-refractivity contribution in [1.82, 2.24) is 29.5 Å². The van der Waals surface area contributed by atoms with Gasteiger partial charge >= 0.3 is 21.1 Å². The van der Waals surface area contributed by atoms with Crippen LogP contribution < -0.4 is 4.90 Å². The number of rotatable bonds is 5. The standard InChI is InChI=1S/C30H31N7.Pt/c1-29(2,3)26-21-27(34-28(33-26)30(4,5)6)37(24-13-7-11-22(19-24)35-17-9-15-31-35)25-14-8-12-23(20-25)36-18-10-16-32-36;/h7-18,21H,1-6H3;/q-2;+2. The van der Waals surface area contributed by atoms with Crippen LogP contribution >= 0.6 is 0 Å². The van der Waals surface area contributed by atoms with Crippen molar-refractivity contribution in [3.63, 3.8) is 0 Å². The van der Waals surface area contributed by atoms with Gasteiger partial charge in [0.1, 0.15) is 11.6 Å². The molecule has 196 valence electrons. The molecule has 0 radical (unpaired) electrons. The van der Waals surface area contributed by atoms with Gasteiger partial charge in [-0.25, -0.2) is 9.97 Å². The Hall–Kier alpha value is -3.57. The van der Waals surface area contributed by atoms with Crippen LogP contribution in [0.15, 0.2) is 79.4 Å². The number of aromatic nitrogens is 6. The predicted molar refractivity (Wildman–Crippen MR) is 146 cm³/mol. The molecule has 0 aliphatic heterocycles. The summed E-state index contributed by atoms with van der Waals surface area (Å²) in [7, 11) is 0. The zero-order valence-electron chi connectivity index (χ0n) is 22.5. The molecule has 8 heteroatoms. The minimum absolute atomic E-state index is 0. The van der Waals surface area contributed by atoms with E-state index < -0.39 is 0 Å². The quantitative estimate of drug-likeness (QED) is 0.198. The molecule has 38 heavy (non-hydrogen) atoms. The van der Waals surface area contributed by atoms with Gasteiger partial charge in [0.05, 0.1) is 5.69 Å². The first-order chi connectivity index (χ1) is 17.6. The van der Waals surface area contributed by atoms with E-state index in [9.17, 15) is 0 Å². The molecule has 7 nitrogen and oxygen atoms in total. The maximum Gasteiger partial charge on any atom is 2.00 e. The molecule has 0 saturated carbocycles. The van der Waals surface area contributed by atoms with Gasteiger partial charge < -0.3 is 4.90 Å². The molecule has 5 aromatic rings. The van der Waals surface area contributed by atoms with Crippen LogP contribution in [0.4, 0.5) is 17.2 Å². The summed E-state index contributed by atoms with van der Waals surface area (Å²) < 4.78 is 3.60. The fraction of sp³-hybridized carbons (Fsp3) is 0.267. The number of anilines is 3. The van der Waals surface area contributed by atoms with Gasteiger partial charge in [-0.2, -0.15) is 22.3 Å². The number of hydrogen-bond acceptors (Lipinski definition) is 5. The normalized spacial score (nSPS) is 11.7. The zero-order chi connectivity index (χ0) is 26.2. The fourth-order valence-corrected chi connectivity index (χ4v) is 3.89. The Balaban J connectivity index is 0.00000336. The van der Waals surface area contributed by atoms with Gasteiger partial charge in [0, 0.05) is 41.7 Å². The van der Waals surface area contributed by atoms with Crippen molar-refractivity contribution in [2.75, 3.05) is 4.90 Å². The second kappa shape index (κ2) is 10.7. The summed E-state index contributed by atoms with van der Waals surface area (Å²) in [6, 6.07) is 25.0. The molecule has 0 bridgehead atoms. The van der Waals surface area contributed by atoms with Crippen molar-refractivity contribution in [3.05, 3.63) is 103 Å². The summed E-state index contributed by atoms with van der Waals surface area (Å²) in [5, 5.41) is 8.79. The molecule has 0 spiro atoms. The van der Waals surface area contributed by atoms with Crippen LogP contribution in [0, 0.1) is 12.1 Å². The van der Waals surface area contributed by atoms with Crippen LogP contribution in [-0.2, 0) is 31.9 Å². The summed E-state index contributed by atoms with van der Waals surface area (Å²) in [5.74, 6) is 1.54. The topological polar surface area (TPSA) is 64.7 Å². The second-order valence-corrected chi connectivity index (χ2v) is 11.0. The minimum atomic E-state index is -0.233. The molecular formula is C30H31N7Pt. The fourth-order valence-electron chi connectivity index (χ4n) is 3.89. The first-order valence-electron chi connectivity index (χ1n) is 12.3. The Morgan fingerprint density at radius 2 is 1.21 bits per heavy atom. The van der Waals surface area contributed by atoms with E-state index >= 15 is 0 Å². The Bertz CT molecular complexity index is 1380. The molecule has 3 aromatic heterocycles. The Labute approximate surface area is 238 Å². The molecule has 5 rings (SSSR count). The summed E-state index contributed by atoms with van der Waals surface area (Å²) in [6.45, 7) is 12.9. The third-order valence-corrected chi connectivity index (χ3v) is 5.89. The first-order valence-corrected chi connectivity index (χ1v) is 12.3. The van der Waals surface area contributed by atoms with E-state index in [-0.39, 0.29) is 31.9 Å². The molecule has 2 aromatic carbocycles. The molecule has 0 atom stereocenters. The van der Waals surface area contributed by atoms with Gasteiger partial charge in [-0.3, -0.25) is 9.36 Å². The molecule has 3 heterocycles. The SMILES string of the molecule is CC(C)(C)c1cc(N(c2[c-]c(-n3cccn3)ccc2)c2[c-]c(-n3cccn3)ccc2)nc(C(C)(C)C)n1.[Pt+2]. The van der Waals surface area contributed by atoms with E-state index in [2.05, 4.69) is 74.8 Å². The second-order valence-electron chi connectivity index (χ2n) is 11.0. The third-order valence-electron chi connectivity index (χ3n) is 5.89. The van der Waals surface area contributed by atoms with Crippen LogP contribution in [0.2, 0.25) is 0 Å². The average molecular weight is 685 g/mol. The molecule has 0 saturated heterocycles. The van der Waals surface area contributed by atoms with Gasteiger partial charge in [-0.1, -0.05) is 52.9 Å². The zero-order valence-corrected chi connectivity index (χ0v) is 24.7. The van der Waals surface area contributed by atoms with E-state index in [1.807, 2.05) is 60.9 Å². The molecular weight excluding hydrogens is 653 g/mol. The molecule has 0 aliphatic carbocycles. The van der Waals surface area contributed by atoms with Crippen LogP contribution in [0.3, 0.4) is 0 Å². The van der Waals surface area contributed by atoms with Gasteiger partial charge in [0.25, 0.3) is 0 Å². The van der Waals surface area contributed by atoms with Crippen molar-refractivity contribution in [1.29, 1.82) is 0 Å². The van der Waals surface area contributed by atoms with E-state index in [1.54, 1.807) is 21.8 Å². The maximum atomic E-state index is 5.09. The first kappa shape index (κ1) is 27.5. The smallest absolute Gasteiger partial charge is 0.343 e. The third kappa shape index (κ3) is 5.78. The summed E-state index contributed by atoms with van der Waals surface area (Å²) in [6.07, 6.45) is 7.33. The van der Waals surface area contributed by atoms with Gasteiger partial charge in [0.15, 0.2) is 0 Å². The monoisotopic (exact) mass is 684 g/mol. The Morgan fingerprint density at radius 3 is 1.63 bits per heavy atom. The molecule has 0 aliphatic rings. The van der Waals surface area contributed by atoms with E-state index in [1.165, 1.54) is 0 Å². The van der Waals surface area contributed by atoms with Gasteiger partial charge in [-0.15, -0.1) is 36.4 Å². The number of nitrogens with zero attached hydrogens (tertiary/aromatic N) is 7. The van der Waals surface area contributed by atoms with Gasteiger partial charge in [-0.05, 0) is 23.5 Å². The van der Waals surface area contributed by atoms with Crippen LogP contribution in [-0.4, -0.2) is 29.5 Å². The van der Waals surface area contributed by atoms with Crippen molar-refractivity contribution in [3.8, 4) is 11.4 Å². The van der Waals surface area contributed by atoms with Crippen molar-refractivity contribution < 1.29 is 21.1 Å². The van der Waals surface area contributed by atoms with Crippen LogP contribution in [0.5, 0.6) is 0 Å². The Kier molecular flexibility index (Phi) is 7.70. The largest absolute Gasteiger partial charge is 2.00 e. The number of hydrogen-bond donors (Lipinski definition) is 0. The molecule has 0 fully saturated rings. The van der Waals surface area contributed by atoms with E-state index in [0.717, 1.165) is 40.1 Å². The maximum absolute atomic E-state index is 5.09. The molecule has 0 N–H and O–H groups in total.